The van der Waals surface area contributed by atoms with E-state index in [2.05, 4.69) is 10.6 Å². The topological polar surface area (TPSA) is 79.9 Å². The Bertz CT molecular complexity index is 631. The summed E-state index contributed by atoms with van der Waals surface area (Å²) < 4.78 is 10.7. The second-order valence-corrected chi connectivity index (χ2v) is 6.30. The Hall–Kier alpha value is -2.44. The number of rotatable bonds is 8. The highest BCUT2D eigenvalue weighted by atomic mass is 16.7. The Morgan fingerprint density at radius 1 is 1.16 bits per heavy atom. The summed E-state index contributed by atoms with van der Waals surface area (Å²) in [5.74, 6) is 1.75. The number of amides is 3. The molecule has 0 unspecified atom stereocenters. The molecule has 1 aromatic rings. The van der Waals surface area contributed by atoms with Gasteiger partial charge in [0.1, 0.15) is 0 Å². The van der Waals surface area contributed by atoms with Gasteiger partial charge in [-0.25, -0.2) is 4.79 Å². The number of carbonyl (C=O) groups is 2. The first kappa shape index (κ1) is 17.4. The van der Waals surface area contributed by atoms with Gasteiger partial charge in [-0.15, -0.1) is 0 Å². The summed E-state index contributed by atoms with van der Waals surface area (Å²) in [5, 5.41) is 5.79. The summed E-state index contributed by atoms with van der Waals surface area (Å²) in [6, 6.07) is 5.37. The van der Waals surface area contributed by atoms with Crippen LogP contribution < -0.4 is 25.0 Å². The van der Waals surface area contributed by atoms with Gasteiger partial charge in [-0.05, 0) is 44.7 Å². The fourth-order valence-electron chi connectivity index (χ4n) is 2.74. The van der Waals surface area contributed by atoms with Crippen molar-refractivity contribution in [1.29, 1.82) is 0 Å². The zero-order valence-corrected chi connectivity index (χ0v) is 14.5. The quantitative estimate of drug-likeness (QED) is 0.707. The average Bonchev–Trinajstić information content (AvgIpc) is 3.35. The number of hydrogen-bond donors (Lipinski definition) is 2. The molecular formula is C18H25N3O4. The van der Waals surface area contributed by atoms with E-state index in [4.69, 9.17) is 9.47 Å². The molecule has 1 aliphatic heterocycles. The molecule has 0 atom stereocenters. The Morgan fingerprint density at radius 3 is 2.72 bits per heavy atom. The standard InChI is InChI=1S/C18H25N3O4/c1-2-19-18(23)21(10-4-3-9-20-17(22)13-5-6-13)14-7-8-15-16(11-14)25-12-24-15/h7-8,11,13H,2-6,9-10,12H2,1H3,(H,19,23)(H,20,22). The number of benzene rings is 1. The monoisotopic (exact) mass is 347 g/mol. The van der Waals surface area contributed by atoms with Crippen molar-refractivity contribution in [3.8, 4) is 11.5 Å². The molecular weight excluding hydrogens is 322 g/mol. The van der Waals surface area contributed by atoms with E-state index in [1.807, 2.05) is 25.1 Å². The third-order valence-corrected chi connectivity index (χ3v) is 4.30. The molecule has 1 heterocycles. The Balaban J connectivity index is 1.53. The first-order chi connectivity index (χ1) is 12.2. The smallest absolute Gasteiger partial charge is 0.321 e. The average molecular weight is 347 g/mol. The number of unbranched alkanes of at least 4 members (excludes halogenated alkanes) is 1. The molecule has 25 heavy (non-hydrogen) atoms. The van der Waals surface area contributed by atoms with Crippen LogP contribution >= 0.6 is 0 Å². The number of fused-ring (bicyclic) bond motifs is 1. The number of urea groups is 1. The molecule has 0 saturated heterocycles. The highest BCUT2D eigenvalue weighted by molar-refractivity contribution is 5.92. The minimum Gasteiger partial charge on any atom is -0.454 e. The van der Waals surface area contributed by atoms with E-state index in [1.54, 1.807) is 4.90 Å². The number of anilines is 1. The van der Waals surface area contributed by atoms with Gasteiger partial charge in [0.25, 0.3) is 0 Å². The lowest BCUT2D eigenvalue weighted by Gasteiger charge is -2.23. The molecule has 7 nitrogen and oxygen atoms in total. The van der Waals surface area contributed by atoms with Crippen LogP contribution in [-0.4, -0.2) is 38.4 Å². The number of ether oxygens (including phenoxy) is 2. The van der Waals surface area contributed by atoms with E-state index in [0.717, 1.165) is 31.4 Å². The molecule has 0 spiro atoms. The minimum atomic E-state index is -0.136. The highest BCUT2D eigenvalue weighted by Gasteiger charge is 2.29. The fraction of sp³-hybridized carbons (Fsp3) is 0.556. The van der Waals surface area contributed by atoms with Crippen molar-refractivity contribution in [3.05, 3.63) is 18.2 Å². The van der Waals surface area contributed by atoms with Gasteiger partial charge < -0.3 is 20.1 Å². The van der Waals surface area contributed by atoms with Crippen LogP contribution in [0, 0.1) is 5.92 Å². The number of nitrogens with one attached hydrogen (secondary N) is 2. The van der Waals surface area contributed by atoms with Crippen molar-refractivity contribution < 1.29 is 19.1 Å². The second kappa shape index (κ2) is 8.09. The van der Waals surface area contributed by atoms with Crippen molar-refractivity contribution in [3.63, 3.8) is 0 Å². The molecule has 136 valence electrons. The Morgan fingerprint density at radius 2 is 1.96 bits per heavy atom. The molecule has 7 heteroatoms. The summed E-state index contributed by atoms with van der Waals surface area (Å²) in [5.41, 5.74) is 0.775. The zero-order chi connectivity index (χ0) is 17.6. The highest BCUT2D eigenvalue weighted by Crippen LogP contribution is 2.35. The van der Waals surface area contributed by atoms with Crippen molar-refractivity contribution in [2.75, 3.05) is 31.3 Å². The summed E-state index contributed by atoms with van der Waals surface area (Å²) in [6.45, 7) is 3.89. The van der Waals surface area contributed by atoms with Gasteiger partial charge in [-0.2, -0.15) is 0 Å². The van der Waals surface area contributed by atoms with Gasteiger partial charge in [-0.1, -0.05) is 0 Å². The molecule has 0 aromatic heterocycles. The zero-order valence-electron chi connectivity index (χ0n) is 14.5. The van der Waals surface area contributed by atoms with Gasteiger partial charge >= 0.3 is 6.03 Å². The van der Waals surface area contributed by atoms with E-state index in [0.29, 0.717) is 31.1 Å². The van der Waals surface area contributed by atoms with Crippen LogP contribution in [0.2, 0.25) is 0 Å². The maximum atomic E-state index is 12.4. The lowest BCUT2D eigenvalue weighted by atomic mass is 10.2. The number of hydrogen-bond acceptors (Lipinski definition) is 4. The van der Waals surface area contributed by atoms with Crippen molar-refractivity contribution in [2.45, 2.75) is 32.6 Å². The molecule has 0 bridgehead atoms. The molecule has 3 rings (SSSR count). The predicted molar refractivity (Wildman–Crippen MR) is 94.0 cm³/mol. The molecule has 1 aliphatic carbocycles. The SMILES string of the molecule is CCNC(=O)N(CCCCNC(=O)C1CC1)c1ccc2c(c1)OCO2. The summed E-state index contributed by atoms with van der Waals surface area (Å²) in [7, 11) is 0. The molecule has 0 radical (unpaired) electrons. The molecule has 3 amide bonds. The maximum absolute atomic E-state index is 12.4. The molecule has 2 aliphatic rings. The predicted octanol–water partition coefficient (Wildman–Crippen LogP) is 2.26. The van der Waals surface area contributed by atoms with Gasteiger partial charge in [0.15, 0.2) is 11.5 Å². The minimum absolute atomic E-state index is 0.136. The summed E-state index contributed by atoms with van der Waals surface area (Å²) in [4.78, 5) is 25.7. The summed E-state index contributed by atoms with van der Waals surface area (Å²) in [6.07, 6.45) is 3.66. The molecule has 1 saturated carbocycles. The van der Waals surface area contributed by atoms with Crippen molar-refractivity contribution in [1.82, 2.24) is 10.6 Å². The number of carbonyl (C=O) groups excluding carboxylic acids is 2. The number of nitrogens with zero attached hydrogens (tertiary/aromatic N) is 1. The van der Waals surface area contributed by atoms with Crippen LogP contribution in [0.4, 0.5) is 10.5 Å². The van der Waals surface area contributed by atoms with Crippen LogP contribution in [0.25, 0.3) is 0 Å². The molecule has 1 fully saturated rings. The van der Waals surface area contributed by atoms with Gasteiger partial charge in [-0.3, -0.25) is 9.69 Å². The summed E-state index contributed by atoms with van der Waals surface area (Å²) >= 11 is 0. The Labute approximate surface area is 147 Å². The molecule has 1 aromatic carbocycles. The van der Waals surface area contributed by atoms with E-state index >= 15 is 0 Å². The van der Waals surface area contributed by atoms with E-state index in [9.17, 15) is 9.59 Å². The molecule has 2 N–H and O–H groups in total. The lowest BCUT2D eigenvalue weighted by Crippen LogP contribution is -2.40. The van der Waals surface area contributed by atoms with Crippen LogP contribution in [0.5, 0.6) is 11.5 Å². The first-order valence-corrected chi connectivity index (χ1v) is 8.91. The van der Waals surface area contributed by atoms with Crippen LogP contribution in [0.15, 0.2) is 18.2 Å². The fourth-order valence-corrected chi connectivity index (χ4v) is 2.74. The Kier molecular flexibility index (Phi) is 5.63. The van der Waals surface area contributed by atoms with E-state index in [-0.39, 0.29) is 24.6 Å². The lowest BCUT2D eigenvalue weighted by molar-refractivity contribution is -0.122. The third kappa shape index (κ3) is 4.55. The van der Waals surface area contributed by atoms with E-state index in [1.165, 1.54) is 0 Å². The normalized spacial score (nSPS) is 14.9. The maximum Gasteiger partial charge on any atom is 0.321 e. The van der Waals surface area contributed by atoms with Crippen LogP contribution in [-0.2, 0) is 4.79 Å². The van der Waals surface area contributed by atoms with E-state index < -0.39 is 0 Å². The van der Waals surface area contributed by atoms with Gasteiger partial charge in [0.05, 0.1) is 0 Å². The van der Waals surface area contributed by atoms with Gasteiger partial charge in [0, 0.05) is 37.3 Å². The van der Waals surface area contributed by atoms with Crippen molar-refractivity contribution in [2.24, 2.45) is 5.92 Å². The van der Waals surface area contributed by atoms with Crippen molar-refractivity contribution >= 4 is 17.6 Å². The van der Waals surface area contributed by atoms with Crippen LogP contribution in [0.1, 0.15) is 32.6 Å². The first-order valence-electron chi connectivity index (χ1n) is 8.91. The van der Waals surface area contributed by atoms with Gasteiger partial charge in [0.2, 0.25) is 12.7 Å². The van der Waals surface area contributed by atoms with Crippen LogP contribution in [0.3, 0.4) is 0 Å². The third-order valence-electron chi connectivity index (χ3n) is 4.30. The largest absolute Gasteiger partial charge is 0.454 e. The second-order valence-electron chi connectivity index (χ2n) is 6.30.